The molecule has 21 heavy (non-hydrogen) atoms. The molecule has 0 saturated heterocycles. The number of benzene rings is 1. The zero-order valence-corrected chi connectivity index (χ0v) is 13.2. The first kappa shape index (κ1) is 17.3. The van der Waals surface area contributed by atoms with Crippen LogP contribution in [0.25, 0.3) is 0 Å². The maximum absolute atomic E-state index is 11.8. The lowest BCUT2D eigenvalue weighted by atomic mass is 10.2. The number of rotatable bonds is 8. The largest absolute Gasteiger partial charge is 0.497 e. The number of carbonyl (C=O) groups is 1. The molecule has 0 aliphatic heterocycles. The predicted octanol–water partition coefficient (Wildman–Crippen LogP) is 1.82. The standard InChI is InChI=1S/C14H22N2O4S/c1-3-4-5-8-21(18,19)10-14(17)16-13-7-6-11(20-2)9-12(13)15/h6-7,9H,3-5,8,10,15H2,1-2H3,(H,16,17). The van der Waals surface area contributed by atoms with E-state index in [0.29, 0.717) is 23.5 Å². The minimum Gasteiger partial charge on any atom is -0.497 e. The lowest BCUT2D eigenvalue weighted by molar-refractivity contribution is -0.113. The number of hydrogen-bond acceptors (Lipinski definition) is 5. The molecule has 6 nitrogen and oxygen atoms in total. The molecule has 0 heterocycles. The summed E-state index contributed by atoms with van der Waals surface area (Å²) >= 11 is 0. The second-order valence-electron chi connectivity index (χ2n) is 4.80. The highest BCUT2D eigenvalue weighted by Crippen LogP contribution is 2.23. The van der Waals surface area contributed by atoms with Gasteiger partial charge < -0.3 is 15.8 Å². The molecule has 1 amide bonds. The summed E-state index contributed by atoms with van der Waals surface area (Å²) in [6, 6.07) is 4.78. The van der Waals surface area contributed by atoms with E-state index in [0.717, 1.165) is 12.8 Å². The number of methoxy groups -OCH3 is 1. The summed E-state index contributed by atoms with van der Waals surface area (Å²) in [6.45, 7) is 1.99. The number of nitrogens with two attached hydrogens (primary N) is 1. The molecule has 0 saturated carbocycles. The van der Waals surface area contributed by atoms with Crippen LogP contribution in [-0.4, -0.2) is 32.9 Å². The van der Waals surface area contributed by atoms with Gasteiger partial charge in [0, 0.05) is 6.07 Å². The van der Waals surface area contributed by atoms with Gasteiger partial charge >= 0.3 is 0 Å². The van der Waals surface area contributed by atoms with Gasteiger partial charge in [0.05, 0.1) is 24.2 Å². The van der Waals surface area contributed by atoms with Crippen molar-refractivity contribution in [3.8, 4) is 5.75 Å². The summed E-state index contributed by atoms with van der Waals surface area (Å²) in [4.78, 5) is 11.8. The topological polar surface area (TPSA) is 98.5 Å². The highest BCUT2D eigenvalue weighted by molar-refractivity contribution is 7.92. The van der Waals surface area contributed by atoms with Gasteiger partial charge in [-0.05, 0) is 18.6 Å². The summed E-state index contributed by atoms with van der Waals surface area (Å²) in [5, 5.41) is 2.51. The monoisotopic (exact) mass is 314 g/mol. The van der Waals surface area contributed by atoms with Crippen molar-refractivity contribution in [3.05, 3.63) is 18.2 Å². The van der Waals surface area contributed by atoms with Gasteiger partial charge in [-0.15, -0.1) is 0 Å². The van der Waals surface area contributed by atoms with E-state index in [1.165, 1.54) is 7.11 Å². The first-order chi connectivity index (χ1) is 9.88. The number of sulfone groups is 1. The smallest absolute Gasteiger partial charge is 0.239 e. The number of carbonyl (C=O) groups excluding carboxylic acids is 1. The molecule has 3 N–H and O–H groups in total. The molecule has 0 spiro atoms. The Morgan fingerprint density at radius 2 is 2.05 bits per heavy atom. The zero-order chi connectivity index (χ0) is 15.9. The molecule has 1 aromatic carbocycles. The van der Waals surface area contributed by atoms with Crippen LogP contribution in [0.3, 0.4) is 0 Å². The van der Waals surface area contributed by atoms with Crippen molar-refractivity contribution in [2.75, 3.05) is 29.7 Å². The summed E-state index contributed by atoms with van der Waals surface area (Å²) in [5.41, 5.74) is 6.47. The summed E-state index contributed by atoms with van der Waals surface area (Å²) in [7, 11) is -1.87. The van der Waals surface area contributed by atoms with Gasteiger partial charge in [-0.2, -0.15) is 0 Å². The van der Waals surface area contributed by atoms with Crippen molar-refractivity contribution < 1.29 is 17.9 Å². The Labute approximate surface area is 125 Å². The normalized spacial score (nSPS) is 11.1. The van der Waals surface area contributed by atoms with Crippen LogP contribution < -0.4 is 15.8 Å². The number of ether oxygens (including phenoxy) is 1. The lowest BCUT2D eigenvalue weighted by Crippen LogP contribution is -2.25. The first-order valence-electron chi connectivity index (χ1n) is 6.81. The molecule has 0 aliphatic rings. The molecule has 1 rings (SSSR count). The Kier molecular flexibility index (Phi) is 6.48. The first-order valence-corrected chi connectivity index (χ1v) is 8.64. The number of hydrogen-bond donors (Lipinski definition) is 2. The van der Waals surface area contributed by atoms with Gasteiger partial charge in [0.15, 0.2) is 9.84 Å². The predicted molar refractivity (Wildman–Crippen MR) is 84.2 cm³/mol. The average Bonchev–Trinajstić information content (AvgIpc) is 2.40. The Bertz CT molecular complexity index is 585. The number of unbranched alkanes of at least 4 members (excludes halogenated alkanes) is 2. The van der Waals surface area contributed by atoms with E-state index in [1.807, 2.05) is 6.92 Å². The van der Waals surface area contributed by atoms with E-state index in [2.05, 4.69) is 5.32 Å². The second-order valence-corrected chi connectivity index (χ2v) is 6.98. The molecule has 7 heteroatoms. The van der Waals surface area contributed by atoms with Gasteiger partial charge in [0.25, 0.3) is 0 Å². The van der Waals surface area contributed by atoms with Crippen LogP contribution in [0.2, 0.25) is 0 Å². The third-order valence-corrected chi connectivity index (χ3v) is 4.56. The summed E-state index contributed by atoms with van der Waals surface area (Å²) < 4.78 is 28.6. The molecule has 1 aromatic rings. The third kappa shape index (κ3) is 6.03. The number of nitrogen functional groups attached to an aromatic ring is 1. The van der Waals surface area contributed by atoms with Crippen LogP contribution in [-0.2, 0) is 14.6 Å². The van der Waals surface area contributed by atoms with Crippen molar-refractivity contribution in [2.24, 2.45) is 0 Å². The average molecular weight is 314 g/mol. The summed E-state index contributed by atoms with van der Waals surface area (Å²) in [6.07, 6.45) is 2.35. The maximum Gasteiger partial charge on any atom is 0.239 e. The lowest BCUT2D eigenvalue weighted by Gasteiger charge is -2.10. The molecule has 0 unspecified atom stereocenters. The van der Waals surface area contributed by atoms with E-state index >= 15 is 0 Å². The van der Waals surface area contributed by atoms with Crippen molar-refractivity contribution >= 4 is 27.1 Å². The SMILES string of the molecule is CCCCCS(=O)(=O)CC(=O)Nc1ccc(OC)cc1N. The van der Waals surface area contributed by atoms with Crippen molar-refractivity contribution in [1.82, 2.24) is 0 Å². The van der Waals surface area contributed by atoms with Crippen LogP contribution in [0.15, 0.2) is 18.2 Å². The van der Waals surface area contributed by atoms with Crippen molar-refractivity contribution in [3.63, 3.8) is 0 Å². The van der Waals surface area contributed by atoms with Gasteiger partial charge in [-0.3, -0.25) is 4.79 Å². The Morgan fingerprint density at radius 3 is 2.62 bits per heavy atom. The number of anilines is 2. The molecule has 0 aliphatic carbocycles. The maximum atomic E-state index is 11.8. The minimum atomic E-state index is -3.38. The van der Waals surface area contributed by atoms with E-state index in [9.17, 15) is 13.2 Å². The van der Waals surface area contributed by atoms with Crippen LogP contribution in [0.1, 0.15) is 26.2 Å². The number of nitrogens with one attached hydrogen (secondary N) is 1. The summed E-state index contributed by atoms with van der Waals surface area (Å²) in [5.74, 6) is -0.504. The van der Waals surface area contributed by atoms with Gasteiger partial charge in [0.1, 0.15) is 11.5 Å². The molecule has 0 atom stereocenters. The second kappa shape index (κ2) is 7.87. The highest BCUT2D eigenvalue weighted by atomic mass is 32.2. The van der Waals surface area contributed by atoms with E-state index in [4.69, 9.17) is 10.5 Å². The van der Waals surface area contributed by atoms with E-state index in [-0.39, 0.29) is 5.75 Å². The van der Waals surface area contributed by atoms with Crippen LogP contribution in [0, 0.1) is 0 Å². The molecule has 0 fully saturated rings. The van der Waals surface area contributed by atoms with Crippen LogP contribution in [0.5, 0.6) is 5.75 Å². The van der Waals surface area contributed by atoms with Crippen LogP contribution in [0.4, 0.5) is 11.4 Å². The Hall–Kier alpha value is -1.76. The zero-order valence-electron chi connectivity index (χ0n) is 12.4. The van der Waals surface area contributed by atoms with Crippen LogP contribution >= 0.6 is 0 Å². The van der Waals surface area contributed by atoms with Crippen molar-refractivity contribution in [1.29, 1.82) is 0 Å². The number of amides is 1. The van der Waals surface area contributed by atoms with E-state index < -0.39 is 21.5 Å². The molecular weight excluding hydrogens is 292 g/mol. The third-order valence-electron chi connectivity index (χ3n) is 2.94. The van der Waals surface area contributed by atoms with E-state index in [1.54, 1.807) is 18.2 Å². The molecule has 118 valence electrons. The minimum absolute atomic E-state index is 0.0341. The van der Waals surface area contributed by atoms with Crippen molar-refractivity contribution in [2.45, 2.75) is 26.2 Å². The fourth-order valence-electron chi connectivity index (χ4n) is 1.81. The van der Waals surface area contributed by atoms with Gasteiger partial charge in [-0.25, -0.2) is 8.42 Å². The highest BCUT2D eigenvalue weighted by Gasteiger charge is 2.17. The molecule has 0 radical (unpaired) electrons. The Balaban J connectivity index is 2.61. The molecule has 0 bridgehead atoms. The van der Waals surface area contributed by atoms with Gasteiger partial charge in [-0.1, -0.05) is 19.8 Å². The van der Waals surface area contributed by atoms with Gasteiger partial charge in [0.2, 0.25) is 5.91 Å². The molecule has 0 aromatic heterocycles. The quantitative estimate of drug-likeness (QED) is 0.563. The molecular formula is C14H22N2O4S. The fourth-order valence-corrected chi connectivity index (χ4v) is 3.07. The fraction of sp³-hybridized carbons (Fsp3) is 0.500. The Morgan fingerprint density at radius 1 is 1.33 bits per heavy atom.